The summed E-state index contributed by atoms with van der Waals surface area (Å²) in [7, 11) is 4.20. The van der Waals surface area contributed by atoms with Gasteiger partial charge < -0.3 is 10.6 Å². The summed E-state index contributed by atoms with van der Waals surface area (Å²) in [5.41, 5.74) is 6.21. The Morgan fingerprint density at radius 2 is 2.00 bits per heavy atom. The van der Waals surface area contributed by atoms with Crippen molar-refractivity contribution in [2.45, 2.75) is 25.3 Å². The number of hydrogen-bond acceptors (Lipinski definition) is 2. The van der Waals surface area contributed by atoms with Crippen molar-refractivity contribution in [1.29, 1.82) is 0 Å². The summed E-state index contributed by atoms with van der Waals surface area (Å²) >= 11 is 0. The van der Waals surface area contributed by atoms with Crippen LogP contribution in [-0.2, 0) is 0 Å². The van der Waals surface area contributed by atoms with Crippen LogP contribution in [0.5, 0.6) is 0 Å². The molecule has 0 aromatic rings. The van der Waals surface area contributed by atoms with E-state index in [1.807, 2.05) is 0 Å². The van der Waals surface area contributed by atoms with Gasteiger partial charge in [-0.1, -0.05) is 6.92 Å². The molecule has 0 saturated heterocycles. The SMILES string of the molecule is CC(CN(C)C)C1(N)CC1. The van der Waals surface area contributed by atoms with Gasteiger partial charge in [0.25, 0.3) is 0 Å². The maximum Gasteiger partial charge on any atom is 0.0193 e. The van der Waals surface area contributed by atoms with Crippen molar-refractivity contribution in [3.8, 4) is 0 Å². The maximum absolute atomic E-state index is 6.01. The van der Waals surface area contributed by atoms with Gasteiger partial charge in [-0.3, -0.25) is 0 Å². The predicted octanol–water partition coefficient (Wildman–Crippen LogP) is 0.675. The van der Waals surface area contributed by atoms with Crippen LogP contribution < -0.4 is 5.73 Å². The molecule has 1 rings (SSSR count). The zero-order valence-corrected chi connectivity index (χ0v) is 7.22. The van der Waals surface area contributed by atoms with Crippen LogP contribution in [0.2, 0.25) is 0 Å². The van der Waals surface area contributed by atoms with Crippen LogP contribution in [0.15, 0.2) is 0 Å². The lowest BCUT2D eigenvalue weighted by molar-refractivity contribution is 0.296. The zero-order chi connectivity index (χ0) is 7.78. The molecule has 0 radical (unpaired) electrons. The van der Waals surface area contributed by atoms with E-state index < -0.39 is 0 Å². The molecule has 0 amide bonds. The molecule has 0 aliphatic heterocycles. The van der Waals surface area contributed by atoms with Gasteiger partial charge in [-0.2, -0.15) is 0 Å². The number of nitrogens with zero attached hydrogens (tertiary/aromatic N) is 1. The molecule has 1 aliphatic carbocycles. The molecule has 1 unspecified atom stereocenters. The van der Waals surface area contributed by atoms with E-state index in [4.69, 9.17) is 5.73 Å². The standard InChI is InChI=1S/C8H18N2/c1-7(6-10(2)3)8(9)4-5-8/h7H,4-6,9H2,1-3H3. The van der Waals surface area contributed by atoms with Gasteiger partial charge in [-0.25, -0.2) is 0 Å². The average Bonchev–Trinajstić information content (AvgIpc) is 2.47. The van der Waals surface area contributed by atoms with Crippen molar-refractivity contribution in [3.05, 3.63) is 0 Å². The molecule has 0 heterocycles. The molecule has 2 heteroatoms. The molecular weight excluding hydrogens is 124 g/mol. The van der Waals surface area contributed by atoms with Crippen LogP contribution in [-0.4, -0.2) is 31.1 Å². The highest BCUT2D eigenvalue weighted by molar-refractivity contribution is 5.02. The topological polar surface area (TPSA) is 29.3 Å². The second-order valence-corrected chi connectivity index (χ2v) is 3.90. The van der Waals surface area contributed by atoms with Gasteiger partial charge in [0.2, 0.25) is 0 Å². The van der Waals surface area contributed by atoms with E-state index in [0.29, 0.717) is 5.92 Å². The van der Waals surface area contributed by atoms with Gasteiger partial charge in [0, 0.05) is 12.1 Å². The Morgan fingerprint density at radius 3 is 2.30 bits per heavy atom. The van der Waals surface area contributed by atoms with Crippen LogP contribution >= 0.6 is 0 Å². The van der Waals surface area contributed by atoms with Gasteiger partial charge in [0.05, 0.1) is 0 Å². The number of nitrogens with two attached hydrogens (primary N) is 1. The molecule has 1 fully saturated rings. The van der Waals surface area contributed by atoms with Crippen molar-refractivity contribution in [2.75, 3.05) is 20.6 Å². The summed E-state index contributed by atoms with van der Waals surface area (Å²) in [4.78, 5) is 2.21. The third kappa shape index (κ3) is 1.70. The van der Waals surface area contributed by atoms with Gasteiger partial charge in [0.1, 0.15) is 0 Å². The first-order valence-electron chi connectivity index (χ1n) is 3.98. The molecule has 10 heavy (non-hydrogen) atoms. The second kappa shape index (κ2) is 2.51. The highest BCUT2D eigenvalue weighted by atomic mass is 15.1. The average molecular weight is 142 g/mol. The van der Waals surface area contributed by atoms with Crippen molar-refractivity contribution in [2.24, 2.45) is 11.7 Å². The smallest absolute Gasteiger partial charge is 0.0193 e. The molecule has 0 spiro atoms. The first-order chi connectivity index (χ1) is 4.54. The maximum atomic E-state index is 6.01. The van der Waals surface area contributed by atoms with E-state index in [9.17, 15) is 0 Å². The van der Waals surface area contributed by atoms with E-state index in [-0.39, 0.29) is 5.54 Å². The highest BCUT2D eigenvalue weighted by Crippen LogP contribution is 2.39. The Kier molecular flexibility index (Phi) is 2.02. The third-order valence-corrected chi connectivity index (χ3v) is 2.45. The van der Waals surface area contributed by atoms with Crippen molar-refractivity contribution in [3.63, 3.8) is 0 Å². The number of rotatable bonds is 3. The van der Waals surface area contributed by atoms with Crippen molar-refractivity contribution in [1.82, 2.24) is 4.90 Å². The Bertz CT molecular complexity index is 116. The minimum absolute atomic E-state index is 0.199. The fourth-order valence-electron chi connectivity index (χ4n) is 1.37. The monoisotopic (exact) mass is 142 g/mol. The molecule has 0 aromatic heterocycles. The normalized spacial score (nSPS) is 24.9. The fraction of sp³-hybridized carbons (Fsp3) is 1.00. The highest BCUT2D eigenvalue weighted by Gasteiger charge is 2.43. The lowest BCUT2D eigenvalue weighted by Gasteiger charge is -2.22. The first kappa shape index (κ1) is 8.02. The van der Waals surface area contributed by atoms with E-state index in [1.54, 1.807) is 0 Å². The van der Waals surface area contributed by atoms with E-state index in [2.05, 4.69) is 25.9 Å². The van der Waals surface area contributed by atoms with Gasteiger partial charge in [0.15, 0.2) is 0 Å². The second-order valence-electron chi connectivity index (χ2n) is 3.90. The quantitative estimate of drug-likeness (QED) is 0.627. The zero-order valence-electron chi connectivity index (χ0n) is 7.22. The summed E-state index contributed by atoms with van der Waals surface area (Å²) in [6.07, 6.45) is 2.45. The van der Waals surface area contributed by atoms with E-state index in [1.165, 1.54) is 12.8 Å². The van der Waals surface area contributed by atoms with E-state index in [0.717, 1.165) is 6.54 Å². The van der Waals surface area contributed by atoms with Crippen LogP contribution in [0.3, 0.4) is 0 Å². The summed E-state index contributed by atoms with van der Waals surface area (Å²) in [6.45, 7) is 3.36. The Labute approximate surface area is 63.4 Å². The van der Waals surface area contributed by atoms with Crippen LogP contribution in [0.1, 0.15) is 19.8 Å². The molecule has 1 atom stereocenters. The summed E-state index contributed by atoms with van der Waals surface area (Å²) in [5, 5.41) is 0. The molecule has 1 aliphatic rings. The van der Waals surface area contributed by atoms with Crippen LogP contribution in [0, 0.1) is 5.92 Å². The molecular formula is C8H18N2. The summed E-state index contributed by atoms with van der Waals surface area (Å²) < 4.78 is 0. The Balaban J connectivity index is 2.28. The molecule has 2 N–H and O–H groups in total. The Hall–Kier alpha value is -0.0800. The molecule has 1 saturated carbocycles. The fourth-order valence-corrected chi connectivity index (χ4v) is 1.37. The Morgan fingerprint density at radius 1 is 1.50 bits per heavy atom. The first-order valence-corrected chi connectivity index (χ1v) is 3.98. The molecule has 0 aromatic carbocycles. The van der Waals surface area contributed by atoms with Gasteiger partial charge in [-0.15, -0.1) is 0 Å². The van der Waals surface area contributed by atoms with Crippen molar-refractivity contribution < 1.29 is 0 Å². The van der Waals surface area contributed by atoms with Crippen LogP contribution in [0.4, 0.5) is 0 Å². The van der Waals surface area contributed by atoms with Crippen LogP contribution in [0.25, 0.3) is 0 Å². The molecule has 2 nitrogen and oxygen atoms in total. The third-order valence-electron chi connectivity index (χ3n) is 2.45. The minimum atomic E-state index is 0.199. The summed E-state index contributed by atoms with van der Waals surface area (Å²) in [6, 6.07) is 0. The molecule has 60 valence electrons. The predicted molar refractivity (Wildman–Crippen MR) is 43.9 cm³/mol. The lowest BCUT2D eigenvalue weighted by Crippen LogP contribution is -2.36. The van der Waals surface area contributed by atoms with E-state index >= 15 is 0 Å². The molecule has 0 bridgehead atoms. The number of hydrogen-bond donors (Lipinski definition) is 1. The summed E-state index contributed by atoms with van der Waals surface area (Å²) in [5.74, 6) is 0.655. The van der Waals surface area contributed by atoms with Crippen molar-refractivity contribution >= 4 is 0 Å². The largest absolute Gasteiger partial charge is 0.325 e. The lowest BCUT2D eigenvalue weighted by atomic mass is 10.0. The minimum Gasteiger partial charge on any atom is -0.325 e. The van der Waals surface area contributed by atoms with Gasteiger partial charge in [-0.05, 0) is 32.9 Å². The van der Waals surface area contributed by atoms with Gasteiger partial charge >= 0.3 is 0 Å².